The maximum absolute atomic E-state index is 12.9. The standard InChI is InChI=1S/C21H17FN4O2/c1-28-21-11-10-19-24-18(13-26(19)25-21)15-4-8-17(9-5-15)23-20(27)12-14-2-6-16(22)7-3-14/h2-11,13H,12H2,1H3,(H,23,27). The Bertz CT molecular complexity index is 1120. The molecule has 0 aliphatic heterocycles. The number of carbonyl (C=O) groups is 1. The SMILES string of the molecule is COc1ccc2nc(-c3ccc(NC(=O)Cc4ccc(F)cc4)cc3)cn2n1. The van der Waals surface area contributed by atoms with Crippen LogP contribution in [0.25, 0.3) is 16.9 Å². The Labute approximate surface area is 160 Å². The number of hydrogen-bond donors (Lipinski definition) is 1. The van der Waals surface area contributed by atoms with Crippen LogP contribution >= 0.6 is 0 Å². The summed E-state index contributed by atoms with van der Waals surface area (Å²) in [5, 5.41) is 7.13. The van der Waals surface area contributed by atoms with E-state index in [1.807, 2.05) is 36.5 Å². The molecular formula is C21H17FN4O2. The van der Waals surface area contributed by atoms with Gasteiger partial charge < -0.3 is 10.1 Å². The summed E-state index contributed by atoms with van der Waals surface area (Å²) in [6, 6.07) is 16.9. The van der Waals surface area contributed by atoms with Crippen molar-refractivity contribution in [3.8, 4) is 17.1 Å². The zero-order valence-corrected chi connectivity index (χ0v) is 15.1. The highest BCUT2D eigenvalue weighted by molar-refractivity contribution is 5.92. The summed E-state index contributed by atoms with van der Waals surface area (Å²) in [7, 11) is 1.56. The number of rotatable bonds is 5. The van der Waals surface area contributed by atoms with Crippen LogP contribution in [-0.4, -0.2) is 27.6 Å². The normalized spacial score (nSPS) is 10.8. The molecule has 0 saturated heterocycles. The molecule has 0 atom stereocenters. The number of benzene rings is 2. The molecule has 0 bridgehead atoms. The van der Waals surface area contributed by atoms with Crippen molar-refractivity contribution in [3.05, 3.63) is 78.2 Å². The van der Waals surface area contributed by atoms with E-state index < -0.39 is 0 Å². The van der Waals surface area contributed by atoms with Gasteiger partial charge in [-0.15, -0.1) is 5.10 Å². The molecule has 0 radical (unpaired) electrons. The second-order valence-electron chi connectivity index (χ2n) is 6.23. The summed E-state index contributed by atoms with van der Waals surface area (Å²) in [6.07, 6.45) is 2.00. The van der Waals surface area contributed by atoms with Crippen LogP contribution in [0.5, 0.6) is 5.88 Å². The Kier molecular flexibility index (Phi) is 4.72. The fourth-order valence-electron chi connectivity index (χ4n) is 2.83. The summed E-state index contributed by atoms with van der Waals surface area (Å²) in [5.74, 6) is 0.0272. The van der Waals surface area contributed by atoms with Gasteiger partial charge >= 0.3 is 0 Å². The van der Waals surface area contributed by atoms with Crippen LogP contribution in [0.3, 0.4) is 0 Å². The largest absolute Gasteiger partial charge is 0.480 e. The molecule has 140 valence electrons. The third-order valence-corrected chi connectivity index (χ3v) is 4.25. The highest BCUT2D eigenvalue weighted by atomic mass is 19.1. The lowest BCUT2D eigenvalue weighted by Crippen LogP contribution is -2.14. The summed E-state index contributed by atoms with van der Waals surface area (Å²) >= 11 is 0. The number of methoxy groups -OCH3 is 1. The number of halogens is 1. The van der Waals surface area contributed by atoms with E-state index in [9.17, 15) is 9.18 Å². The molecule has 2 heterocycles. The first-order valence-corrected chi connectivity index (χ1v) is 8.66. The van der Waals surface area contributed by atoms with Crippen molar-refractivity contribution in [1.29, 1.82) is 0 Å². The van der Waals surface area contributed by atoms with Crippen molar-refractivity contribution in [2.45, 2.75) is 6.42 Å². The minimum Gasteiger partial charge on any atom is -0.480 e. The second-order valence-corrected chi connectivity index (χ2v) is 6.23. The smallest absolute Gasteiger partial charge is 0.231 e. The van der Waals surface area contributed by atoms with Crippen LogP contribution < -0.4 is 10.1 Å². The second kappa shape index (κ2) is 7.48. The van der Waals surface area contributed by atoms with E-state index in [1.165, 1.54) is 12.1 Å². The van der Waals surface area contributed by atoms with Crippen molar-refractivity contribution >= 4 is 17.2 Å². The van der Waals surface area contributed by atoms with E-state index in [2.05, 4.69) is 15.4 Å². The predicted octanol–water partition coefficient (Wildman–Crippen LogP) is 3.73. The van der Waals surface area contributed by atoms with Gasteiger partial charge in [0.15, 0.2) is 5.65 Å². The fourth-order valence-corrected chi connectivity index (χ4v) is 2.83. The average Bonchev–Trinajstić information content (AvgIpc) is 3.13. The van der Waals surface area contributed by atoms with E-state index in [1.54, 1.807) is 29.8 Å². The zero-order chi connectivity index (χ0) is 19.5. The Hall–Kier alpha value is -3.74. The molecule has 6 nitrogen and oxygen atoms in total. The molecule has 2 aromatic carbocycles. The number of amides is 1. The van der Waals surface area contributed by atoms with E-state index in [0.29, 0.717) is 17.2 Å². The lowest BCUT2D eigenvalue weighted by atomic mass is 10.1. The highest BCUT2D eigenvalue weighted by Gasteiger charge is 2.08. The first-order chi connectivity index (χ1) is 13.6. The molecule has 0 aliphatic rings. The molecule has 1 N–H and O–H groups in total. The van der Waals surface area contributed by atoms with Crippen molar-refractivity contribution in [1.82, 2.24) is 14.6 Å². The van der Waals surface area contributed by atoms with Crippen LogP contribution in [0.1, 0.15) is 5.56 Å². The summed E-state index contributed by atoms with van der Waals surface area (Å²) < 4.78 is 19.7. The Morgan fingerprint density at radius 3 is 2.54 bits per heavy atom. The third kappa shape index (κ3) is 3.83. The Balaban J connectivity index is 1.46. The summed E-state index contributed by atoms with van der Waals surface area (Å²) in [4.78, 5) is 16.7. The van der Waals surface area contributed by atoms with E-state index >= 15 is 0 Å². The molecule has 0 fully saturated rings. The molecule has 4 rings (SSSR count). The molecule has 1 amide bonds. The number of anilines is 1. The van der Waals surface area contributed by atoms with Crippen LogP contribution in [0, 0.1) is 5.82 Å². The van der Waals surface area contributed by atoms with Crippen molar-refractivity contribution < 1.29 is 13.9 Å². The van der Waals surface area contributed by atoms with Gasteiger partial charge in [-0.05, 0) is 35.9 Å². The Morgan fingerprint density at radius 2 is 1.82 bits per heavy atom. The summed E-state index contributed by atoms with van der Waals surface area (Å²) in [6.45, 7) is 0. The zero-order valence-electron chi connectivity index (χ0n) is 15.1. The molecule has 0 spiro atoms. The fraction of sp³-hybridized carbons (Fsp3) is 0.0952. The first-order valence-electron chi connectivity index (χ1n) is 8.66. The van der Waals surface area contributed by atoms with E-state index in [-0.39, 0.29) is 18.1 Å². The number of fused-ring (bicyclic) bond motifs is 1. The van der Waals surface area contributed by atoms with Crippen LogP contribution in [0.2, 0.25) is 0 Å². The van der Waals surface area contributed by atoms with Crippen molar-refractivity contribution in [2.75, 3.05) is 12.4 Å². The molecule has 0 saturated carbocycles. The minimum absolute atomic E-state index is 0.164. The quantitative estimate of drug-likeness (QED) is 0.576. The van der Waals surface area contributed by atoms with E-state index in [4.69, 9.17) is 4.74 Å². The number of ether oxygens (including phenoxy) is 1. The maximum Gasteiger partial charge on any atom is 0.231 e. The maximum atomic E-state index is 12.9. The van der Waals surface area contributed by atoms with Crippen LogP contribution in [0.15, 0.2) is 66.9 Å². The molecule has 2 aromatic heterocycles. The lowest BCUT2D eigenvalue weighted by Gasteiger charge is -2.06. The van der Waals surface area contributed by atoms with Crippen molar-refractivity contribution in [2.24, 2.45) is 0 Å². The minimum atomic E-state index is -0.319. The number of nitrogens with one attached hydrogen (secondary N) is 1. The number of imidazole rings is 1. The molecule has 0 unspecified atom stereocenters. The molecule has 28 heavy (non-hydrogen) atoms. The van der Waals surface area contributed by atoms with Gasteiger partial charge in [-0.1, -0.05) is 24.3 Å². The average molecular weight is 376 g/mol. The lowest BCUT2D eigenvalue weighted by molar-refractivity contribution is -0.115. The van der Waals surface area contributed by atoms with Crippen LogP contribution in [-0.2, 0) is 11.2 Å². The Morgan fingerprint density at radius 1 is 1.07 bits per heavy atom. The summed E-state index contributed by atoms with van der Waals surface area (Å²) in [5.41, 5.74) is 3.82. The molecule has 0 aliphatic carbocycles. The monoisotopic (exact) mass is 376 g/mol. The number of aromatic nitrogens is 3. The van der Waals surface area contributed by atoms with Gasteiger partial charge in [-0.25, -0.2) is 13.9 Å². The van der Waals surface area contributed by atoms with Crippen LogP contribution in [0.4, 0.5) is 10.1 Å². The molecule has 4 aromatic rings. The van der Waals surface area contributed by atoms with Gasteiger partial charge in [0.2, 0.25) is 11.8 Å². The third-order valence-electron chi connectivity index (χ3n) is 4.25. The number of nitrogens with zero attached hydrogens (tertiary/aromatic N) is 3. The van der Waals surface area contributed by atoms with Gasteiger partial charge in [0.25, 0.3) is 0 Å². The number of carbonyl (C=O) groups excluding carboxylic acids is 1. The van der Waals surface area contributed by atoms with Gasteiger partial charge in [-0.2, -0.15) is 0 Å². The highest BCUT2D eigenvalue weighted by Crippen LogP contribution is 2.22. The van der Waals surface area contributed by atoms with Gasteiger partial charge in [0.1, 0.15) is 5.82 Å². The molecule has 7 heteroatoms. The van der Waals surface area contributed by atoms with Gasteiger partial charge in [-0.3, -0.25) is 4.79 Å². The van der Waals surface area contributed by atoms with E-state index in [0.717, 1.165) is 16.8 Å². The topological polar surface area (TPSA) is 68.5 Å². The first kappa shape index (κ1) is 17.7. The predicted molar refractivity (Wildman–Crippen MR) is 104 cm³/mol. The van der Waals surface area contributed by atoms with Gasteiger partial charge in [0.05, 0.1) is 25.4 Å². The number of hydrogen-bond acceptors (Lipinski definition) is 4. The molecular weight excluding hydrogens is 359 g/mol. The van der Waals surface area contributed by atoms with Crippen molar-refractivity contribution in [3.63, 3.8) is 0 Å². The van der Waals surface area contributed by atoms with Gasteiger partial charge in [0, 0.05) is 17.3 Å².